The van der Waals surface area contributed by atoms with Crippen LogP contribution in [-0.4, -0.2) is 35.5 Å². The van der Waals surface area contributed by atoms with Crippen LogP contribution >= 0.6 is 0 Å². The number of alkyl halides is 5. The summed E-state index contributed by atoms with van der Waals surface area (Å²) in [7, 11) is 0. The Morgan fingerprint density at radius 1 is 1.18 bits per heavy atom. The largest absolute Gasteiger partial charge is 0.435 e. The standard InChI is InChI=1S/C16H14F5N7/c17-15(18)3-2-10(6-15)27-8-9(7-25-27)11-12(16(19,20)21)26-28(13(11)22)14-23-4-1-5-24-14/h1,4-5,7-8,10H,2-3,6,22H2. The second kappa shape index (κ2) is 6.24. The van der Waals surface area contributed by atoms with E-state index in [0.717, 1.165) is 10.9 Å². The predicted octanol–water partition coefficient (Wildman–Crippen LogP) is 3.49. The van der Waals surface area contributed by atoms with Gasteiger partial charge in [-0.15, -0.1) is 0 Å². The lowest BCUT2D eigenvalue weighted by Crippen LogP contribution is -2.12. The molecule has 1 fully saturated rings. The first-order chi connectivity index (χ1) is 13.2. The molecule has 3 aromatic heterocycles. The number of rotatable bonds is 3. The normalized spacial score (nSPS) is 19.2. The van der Waals surface area contributed by atoms with Gasteiger partial charge in [-0.25, -0.2) is 18.7 Å². The molecule has 7 nitrogen and oxygen atoms in total. The lowest BCUT2D eigenvalue weighted by Gasteiger charge is -2.10. The lowest BCUT2D eigenvalue weighted by atomic mass is 10.1. The molecule has 1 aliphatic carbocycles. The zero-order valence-corrected chi connectivity index (χ0v) is 14.2. The Balaban J connectivity index is 1.78. The van der Waals surface area contributed by atoms with Gasteiger partial charge < -0.3 is 5.73 Å². The van der Waals surface area contributed by atoms with Gasteiger partial charge >= 0.3 is 6.18 Å². The Hall–Kier alpha value is -3.05. The van der Waals surface area contributed by atoms with Crippen molar-refractivity contribution in [3.63, 3.8) is 0 Å². The first-order valence-electron chi connectivity index (χ1n) is 8.31. The van der Waals surface area contributed by atoms with Crippen molar-refractivity contribution in [2.45, 2.75) is 37.4 Å². The van der Waals surface area contributed by atoms with Crippen LogP contribution in [-0.2, 0) is 6.18 Å². The third-order valence-electron chi connectivity index (χ3n) is 4.57. The Labute approximate surface area is 155 Å². The van der Waals surface area contributed by atoms with E-state index < -0.39 is 35.8 Å². The summed E-state index contributed by atoms with van der Waals surface area (Å²) in [5.41, 5.74) is 4.34. The molecule has 0 spiro atoms. The average molecular weight is 399 g/mol. The van der Waals surface area contributed by atoms with Gasteiger partial charge in [0.2, 0.25) is 5.92 Å². The Bertz CT molecular complexity index is 993. The Kier molecular flexibility index (Phi) is 4.08. The molecule has 1 aliphatic rings. The van der Waals surface area contributed by atoms with E-state index in [4.69, 9.17) is 5.73 Å². The van der Waals surface area contributed by atoms with Gasteiger partial charge in [-0.3, -0.25) is 4.68 Å². The van der Waals surface area contributed by atoms with Crippen molar-refractivity contribution in [3.8, 4) is 17.1 Å². The third-order valence-corrected chi connectivity index (χ3v) is 4.57. The van der Waals surface area contributed by atoms with Crippen LogP contribution in [0.5, 0.6) is 0 Å². The molecule has 2 N–H and O–H groups in total. The zero-order valence-electron chi connectivity index (χ0n) is 14.2. The van der Waals surface area contributed by atoms with Gasteiger partial charge in [0.15, 0.2) is 5.69 Å². The molecule has 0 radical (unpaired) electrons. The molecule has 0 bridgehead atoms. The summed E-state index contributed by atoms with van der Waals surface area (Å²) in [6, 6.07) is 0.905. The van der Waals surface area contributed by atoms with Crippen LogP contribution in [0.25, 0.3) is 17.1 Å². The summed E-state index contributed by atoms with van der Waals surface area (Å²) < 4.78 is 69.6. The molecule has 1 saturated carbocycles. The van der Waals surface area contributed by atoms with Crippen LogP contribution in [0, 0.1) is 0 Å². The summed E-state index contributed by atoms with van der Waals surface area (Å²) in [5.74, 6) is -3.25. The molecule has 1 unspecified atom stereocenters. The summed E-state index contributed by atoms with van der Waals surface area (Å²) in [5, 5.41) is 7.52. The molecule has 148 valence electrons. The molecule has 0 amide bonds. The van der Waals surface area contributed by atoms with Gasteiger partial charge in [0.1, 0.15) is 5.82 Å². The van der Waals surface area contributed by atoms with E-state index in [1.807, 2.05) is 0 Å². The van der Waals surface area contributed by atoms with Crippen molar-refractivity contribution in [2.75, 3.05) is 5.73 Å². The Morgan fingerprint density at radius 3 is 2.50 bits per heavy atom. The monoisotopic (exact) mass is 399 g/mol. The van der Waals surface area contributed by atoms with Crippen molar-refractivity contribution >= 4 is 5.82 Å². The van der Waals surface area contributed by atoms with Crippen LogP contribution in [0.4, 0.5) is 27.8 Å². The van der Waals surface area contributed by atoms with Crippen molar-refractivity contribution < 1.29 is 22.0 Å². The number of hydrogen-bond donors (Lipinski definition) is 1. The summed E-state index contributed by atoms with van der Waals surface area (Å²) in [6.45, 7) is 0. The fraction of sp³-hybridized carbons (Fsp3) is 0.375. The van der Waals surface area contributed by atoms with E-state index in [0.29, 0.717) is 0 Å². The lowest BCUT2D eigenvalue weighted by molar-refractivity contribution is -0.140. The fourth-order valence-electron chi connectivity index (χ4n) is 3.29. The number of nitrogen functional groups attached to an aromatic ring is 1. The van der Waals surface area contributed by atoms with Crippen LogP contribution in [0.1, 0.15) is 31.0 Å². The van der Waals surface area contributed by atoms with Gasteiger partial charge in [-0.1, -0.05) is 0 Å². The first-order valence-corrected chi connectivity index (χ1v) is 8.31. The van der Waals surface area contributed by atoms with Gasteiger partial charge in [0, 0.05) is 37.0 Å². The highest BCUT2D eigenvalue weighted by Gasteiger charge is 2.42. The minimum Gasteiger partial charge on any atom is -0.383 e. The van der Waals surface area contributed by atoms with E-state index in [-0.39, 0.29) is 30.2 Å². The molecule has 3 heterocycles. The SMILES string of the molecule is Nc1c(-c2cnn(C3CCC(F)(F)C3)c2)c(C(F)(F)F)nn1-c1ncccn1. The van der Waals surface area contributed by atoms with Crippen molar-refractivity contribution in [1.29, 1.82) is 0 Å². The molecular formula is C16H14F5N7. The molecule has 1 atom stereocenters. The third kappa shape index (κ3) is 3.18. The van der Waals surface area contributed by atoms with Crippen LogP contribution in [0.15, 0.2) is 30.9 Å². The van der Waals surface area contributed by atoms with Crippen molar-refractivity contribution in [3.05, 3.63) is 36.5 Å². The topological polar surface area (TPSA) is 87.4 Å². The van der Waals surface area contributed by atoms with E-state index >= 15 is 0 Å². The van der Waals surface area contributed by atoms with Crippen LogP contribution < -0.4 is 5.73 Å². The molecule has 4 rings (SSSR count). The van der Waals surface area contributed by atoms with Crippen molar-refractivity contribution in [2.24, 2.45) is 0 Å². The molecular weight excluding hydrogens is 385 g/mol. The van der Waals surface area contributed by atoms with E-state index in [1.54, 1.807) is 0 Å². The molecule has 0 saturated heterocycles. The van der Waals surface area contributed by atoms with Crippen molar-refractivity contribution in [1.82, 2.24) is 29.5 Å². The molecule has 3 aromatic rings. The molecule has 0 aliphatic heterocycles. The minimum absolute atomic E-state index is 0.0298. The number of aromatic nitrogens is 6. The summed E-state index contributed by atoms with van der Waals surface area (Å²) in [4.78, 5) is 7.72. The summed E-state index contributed by atoms with van der Waals surface area (Å²) in [6.07, 6.45) is -0.179. The maximum absolute atomic E-state index is 13.6. The number of nitrogens with zero attached hydrogens (tertiary/aromatic N) is 6. The first kappa shape index (κ1) is 18.3. The second-order valence-corrected chi connectivity index (χ2v) is 6.53. The van der Waals surface area contributed by atoms with E-state index in [9.17, 15) is 22.0 Å². The quantitative estimate of drug-likeness (QED) is 0.682. The van der Waals surface area contributed by atoms with Gasteiger partial charge in [-0.2, -0.15) is 28.1 Å². The number of halogens is 5. The molecule has 0 aromatic carbocycles. The van der Waals surface area contributed by atoms with Crippen LogP contribution in [0.2, 0.25) is 0 Å². The summed E-state index contributed by atoms with van der Waals surface area (Å²) >= 11 is 0. The highest BCUT2D eigenvalue weighted by Crippen LogP contribution is 2.43. The maximum atomic E-state index is 13.6. The number of nitrogens with two attached hydrogens (primary N) is 1. The van der Waals surface area contributed by atoms with E-state index in [1.165, 1.54) is 29.3 Å². The molecule has 12 heteroatoms. The van der Waals surface area contributed by atoms with E-state index in [2.05, 4.69) is 20.2 Å². The second-order valence-electron chi connectivity index (χ2n) is 6.53. The van der Waals surface area contributed by atoms with Crippen LogP contribution in [0.3, 0.4) is 0 Å². The zero-order chi connectivity index (χ0) is 20.1. The van der Waals surface area contributed by atoms with Gasteiger partial charge in [-0.05, 0) is 12.5 Å². The highest BCUT2D eigenvalue weighted by molar-refractivity contribution is 5.77. The van der Waals surface area contributed by atoms with Gasteiger partial charge in [0.25, 0.3) is 5.95 Å². The molecule has 28 heavy (non-hydrogen) atoms. The minimum atomic E-state index is -4.80. The maximum Gasteiger partial charge on any atom is 0.435 e. The number of hydrogen-bond acceptors (Lipinski definition) is 5. The fourth-order valence-corrected chi connectivity index (χ4v) is 3.29. The smallest absolute Gasteiger partial charge is 0.383 e. The number of anilines is 1. The average Bonchev–Trinajstić information content (AvgIpc) is 3.31. The van der Waals surface area contributed by atoms with Gasteiger partial charge in [0.05, 0.1) is 17.8 Å². The highest BCUT2D eigenvalue weighted by atomic mass is 19.4. The predicted molar refractivity (Wildman–Crippen MR) is 87.6 cm³/mol. The Morgan fingerprint density at radius 2 is 1.89 bits per heavy atom.